The molecule has 2 N–H and O–H groups in total. The molecule has 1 aromatic heterocycles. The SMILES string of the molecule is C[C@]12C=CC(=O)C=C1CCC1C2[C@@H](O)C[C@@]2(C)C1C[C@H]1CN(Cc3ccsc3)O[C@]12C(=O)O. The third-order valence-corrected chi connectivity index (χ3v) is 10.5. The van der Waals surface area contributed by atoms with Crippen molar-refractivity contribution in [2.75, 3.05) is 6.54 Å². The number of carboxylic acids is 1. The monoisotopic (exact) mass is 469 g/mol. The van der Waals surface area contributed by atoms with Gasteiger partial charge in [-0.15, -0.1) is 0 Å². The summed E-state index contributed by atoms with van der Waals surface area (Å²) in [5, 5.41) is 28.1. The Bertz CT molecular complexity index is 1060. The largest absolute Gasteiger partial charge is 0.479 e. The number of hydroxylamine groups is 2. The molecule has 4 aliphatic carbocycles. The van der Waals surface area contributed by atoms with E-state index in [1.54, 1.807) is 23.5 Å². The Labute approximate surface area is 197 Å². The van der Waals surface area contributed by atoms with Crippen LogP contribution >= 0.6 is 11.3 Å². The Hall–Kier alpha value is -1.80. The van der Waals surface area contributed by atoms with Gasteiger partial charge in [-0.1, -0.05) is 25.5 Å². The molecule has 176 valence electrons. The summed E-state index contributed by atoms with van der Waals surface area (Å²) in [7, 11) is 0. The molecule has 4 fully saturated rings. The molecule has 6 nitrogen and oxygen atoms in total. The fourth-order valence-corrected chi connectivity index (χ4v) is 9.14. The minimum atomic E-state index is -1.31. The lowest BCUT2D eigenvalue weighted by molar-refractivity contribution is -0.262. The van der Waals surface area contributed by atoms with Gasteiger partial charge in [-0.05, 0) is 72.1 Å². The van der Waals surface area contributed by atoms with Crippen LogP contribution in [0.3, 0.4) is 0 Å². The average Bonchev–Trinajstić information content (AvgIpc) is 3.44. The Morgan fingerprint density at radius 1 is 1.36 bits per heavy atom. The van der Waals surface area contributed by atoms with Crippen molar-refractivity contribution in [3.05, 3.63) is 46.2 Å². The standard InChI is InChI=1S/C26H31NO5S/c1-24-7-5-18(28)9-16(24)3-4-19-20-10-17-13-27(12-15-6-8-33-14-15)32-26(17,23(30)31)25(20,2)11-21(29)22(19)24/h5-9,14,17,19-22,29H,3-4,10-13H2,1-2H3,(H,30,31)/t17-,19?,20?,21-,22?,24-,25-,26-/m0/s1. The van der Waals surface area contributed by atoms with E-state index < -0.39 is 23.1 Å². The molecule has 0 aromatic carbocycles. The number of carbonyl (C=O) groups is 2. The van der Waals surface area contributed by atoms with Crippen LogP contribution < -0.4 is 0 Å². The fraction of sp³-hybridized carbons (Fsp3) is 0.615. The average molecular weight is 470 g/mol. The fourth-order valence-electron chi connectivity index (χ4n) is 8.48. The van der Waals surface area contributed by atoms with E-state index in [1.165, 1.54) is 0 Å². The Morgan fingerprint density at radius 3 is 2.91 bits per heavy atom. The summed E-state index contributed by atoms with van der Waals surface area (Å²) >= 11 is 1.63. The highest BCUT2D eigenvalue weighted by molar-refractivity contribution is 7.07. The number of ketones is 1. The summed E-state index contributed by atoms with van der Waals surface area (Å²) in [6.45, 7) is 5.37. The number of hydrogen-bond acceptors (Lipinski definition) is 6. The van der Waals surface area contributed by atoms with E-state index >= 15 is 0 Å². The number of allylic oxidation sites excluding steroid dienone is 4. The van der Waals surface area contributed by atoms with E-state index in [0.717, 1.165) is 30.4 Å². The van der Waals surface area contributed by atoms with Gasteiger partial charge in [-0.2, -0.15) is 16.4 Å². The van der Waals surface area contributed by atoms with Crippen molar-refractivity contribution in [1.29, 1.82) is 0 Å². The zero-order valence-corrected chi connectivity index (χ0v) is 19.9. The zero-order chi connectivity index (χ0) is 23.2. The van der Waals surface area contributed by atoms with Crippen LogP contribution in [0.15, 0.2) is 40.6 Å². The minimum Gasteiger partial charge on any atom is -0.479 e. The van der Waals surface area contributed by atoms with Crippen molar-refractivity contribution in [2.24, 2.45) is 34.5 Å². The molecule has 33 heavy (non-hydrogen) atoms. The molecule has 2 heterocycles. The number of aliphatic carboxylic acids is 1. The van der Waals surface area contributed by atoms with E-state index in [0.29, 0.717) is 19.5 Å². The highest BCUT2D eigenvalue weighted by atomic mass is 32.1. The van der Waals surface area contributed by atoms with Gasteiger partial charge in [0.05, 0.1) is 6.10 Å². The topological polar surface area (TPSA) is 87.1 Å². The van der Waals surface area contributed by atoms with E-state index in [-0.39, 0.29) is 34.9 Å². The first kappa shape index (κ1) is 21.7. The van der Waals surface area contributed by atoms with Crippen LogP contribution in [0, 0.1) is 34.5 Å². The smallest absolute Gasteiger partial charge is 0.339 e. The number of carbonyl (C=O) groups excluding carboxylic acids is 1. The maximum Gasteiger partial charge on any atom is 0.339 e. The molecule has 7 heteroatoms. The van der Waals surface area contributed by atoms with Crippen molar-refractivity contribution >= 4 is 23.1 Å². The number of thiophene rings is 1. The zero-order valence-electron chi connectivity index (χ0n) is 19.1. The van der Waals surface area contributed by atoms with Gasteiger partial charge in [0.15, 0.2) is 11.4 Å². The van der Waals surface area contributed by atoms with Crippen molar-refractivity contribution in [3.63, 3.8) is 0 Å². The molecule has 0 amide bonds. The normalized spacial score (nSPS) is 46.3. The van der Waals surface area contributed by atoms with Gasteiger partial charge in [0.25, 0.3) is 0 Å². The van der Waals surface area contributed by atoms with Crippen LogP contribution in [-0.4, -0.2) is 45.3 Å². The van der Waals surface area contributed by atoms with E-state index in [4.69, 9.17) is 4.84 Å². The lowest BCUT2D eigenvalue weighted by Crippen LogP contribution is -2.62. The maximum atomic E-state index is 12.9. The summed E-state index contributed by atoms with van der Waals surface area (Å²) in [6, 6.07) is 2.05. The first-order valence-electron chi connectivity index (χ1n) is 12.0. The molecule has 1 aliphatic heterocycles. The molecular weight excluding hydrogens is 438 g/mol. The first-order chi connectivity index (χ1) is 15.7. The second-order valence-corrected chi connectivity index (χ2v) is 12.0. The number of hydrogen-bond donors (Lipinski definition) is 2. The van der Waals surface area contributed by atoms with Crippen molar-refractivity contribution < 1.29 is 24.6 Å². The minimum absolute atomic E-state index is 0.00786. The molecule has 6 rings (SSSR count). The van der Waals surface area contributed by atoms with Gasteiger partial charge in [0.1, 0.15) is 0 Å². The Morgan fingerprint density at radius 2 is 2.18 bits per heavy atom. The third-order valence-electron chi connectivity index (χ3n) is 9.80. The van der Waals surface area contributed by atoms with Gasteiger partial charge in [0.2, 0.25) is 0 Å². The second-order valence-electron chi connectivity index (χ2n) is 11.2. The van der Waals surface area contributed by atoms with Crippen LogP contribution in [0.5, 0.6) is 0 Å². The first-order valence-corrected chi connectivity index (χ1v) is 12.9. The maximum absolute atomic E-state index is 12.9. The number of fused-ring (bicyclic) bond motifs is 7. The molecule has 0 radical (unpaired) electrons. The van der Waals surface area contributed by atoms with Crippen LogP contribution in [-0.2, 0) is 21.0 Å². The van der Waals surface area contributed by atoms with Crippen LogP contribution in [0.25, 0.3) is 0 Å². The molecular formula is C26H31NO5S. The number of aliphatic hydroxyl groups excluding tert-OH is 1. The predicted molar refractivity (Wildman–Crippen MR) is 123 cm³/mol. The van der Waals surface area contributed by atoms with Crippen LogP contribution in [0.4, 0.5) is 0 Å². The summed E-state index contributed by atoms with van der Waals surface area (Å²) in [4.78, 5) is 31.3. The van der Waals surface area contributed by atoms with Gasteiger partial charge >= 0.3 is 5.97 Å². The molecule has 0 bridgehead atoms. The molecule has 5 aliphatic rings. The second kappa shape index (κ2) is 7.11. The summed E-state index contributed by atoms with van der Waals surface area (Å²) in [6.07, 6.45) is 7.65. The van der Waals surface area contributed by atoms with E-state index in [1.807, 2.05) is 29.5 Å². The highest BCUT2D eigenvalue weighted by Gasteiger charge is 2.76. The van der Waals surface area contributed by atoms with Crippen molar-refractivity contribution in [1.82, 2.24) is 5.06 Å². The molecule has 0 spiro atoms. The Balaban J connectivity index is 1.36. The number of rotatable bonds is 3. The number of carboxylic acid groups (broad SMARTS) is 1. The van der Waals surface area contributed by atoms with E-state index in [9.17, 15) is 19.8 Å². The highest BCUT2D eigenvalue weighted by Crippen LogP contribution is 2.70. The van der Waals surface area contributed by atoms with Gasteiger partial charge in [-0.3, -0.25) is 9.63 Å². The van der Waals surface area contributed by atoms with Crippen molar-refractivity contribution in [3.8, 4) is 0 Å². The summed E-state index contributed by atoms with van der Waals surface area (Å²) in [5.41, 5.74) is -0.0708. The molecule has 3 unspecified atom stereocenters. The Kier molecular flexibility index (Phi) is 4.68. The summed E-state index contributed by atoms with van der Waals surface area (Å²) < 4.78 is 0. The van der Waals surface area contributed by atoms with Gasteiger partial charge in [-0.25, -0.2) is 4.79 Å². The van der Waals surface area contributed by atoms with Crippen LogP contribution in [0.2, 0.25) is 0 Å². The predicted octanol–water partition coefficient (Wildman–Crippen LogP) is 3.82. The number of nitrogens with zero attached hydrogens (tertiary/aromatic N) is 1. The summed E-state index contributed by atoms with van der Waals surface area (Å²) in [5.74, 6) is -0.624. The quantitative estimate of drug-likeness (QED) is 0.700. The lowest BCUT2D eigenvalue weighted by Gasteiger charge is -2.59. The molecule has 8 atom stereocenters. The number of aliphatic hydroxyl groups is 1. The third kappa shape index (κ3) is 2.76. The van der Waals surface area contributed by atoms with Gasteiger partial charge in [0, 0.05) is 35.8 Å². The van der Waals surface area contributed by atoms with Gasteiger partial charge < -0.3 is 10.2 Å². The van der Waals surface area contributed by atoms with Crippen molar-refractivity contribution in [2.45, 2.75) is 57.8 Å². The van der Waals surface area contributed by atoms with Crippen LogP contribution in [0.1, 0.15) is 45.1 Å². The molecule has 1 aromatic rings. The molecule has 3 saturated carbocycles. The lowest BCUT2D eigenvalue weighted by atomic mass is 9.46. The van der Waals surface area contributed by atoms with E-state index in [2.05, 4.69) is 12.3 Å². The molecule has 1 saturated heterocycles.